The molecule has 2 fully saturated rings. The molecule has 7 heteroatoms. The maximum absolute atomic E-state index is 13.3. The van der Waals surface area contributed by atoms with Crippen molar-refractivity contribution in [3.05, 3.63) is 72.1 Å². The lowest BCUT2D eigenvalue weighted by Gasteiger charge is -2.34. The van der Waals surface area contributed by atoms with E-state index in [1.807, 2.05) is 12.1 Å². The standard InChI is InChI=1S/C27H26N2O5/c1-33-21-13-9-18(10-14-21)24(30)22-23(17-5-3-2-4-6-17)29(27(32)25(22)31)20-11-7-19(8-12-20)26-28-15-16-34-26/h7-17,23,30H,2-6H2,1H3/b24-22+. The fourth-order valence-corrected chi connectivity index (χ4v) is 5.07. The van der Waals surface area contributed by atoms with Crippen LogP contribution in [0.25, 0.3) is 17.2 Å². The predicted molar refractivity (Wildman–Crippen MR) is 127 cm³/mol. The number of nitrogens with zero attached hydrogens (tertiary/aromatic N) is 2. The van der Waals surface area contributed by atoms with Crippen molar-refractivity contribution in [2.45, 2.75) is 38.1 Å². The number of methoxy groups -OCH3 is 1. The van der Waals surface area contributed by atoms with Crippen LogP contribution in [0.3, 0.4) is 0 Å². The fraction of sp³-hybridized carbons (Fsp3) is 0.296. The summed E-state index contributed by atoms with van der Waals surface area (Å²) < 4.78 is 10.6. The van der Waals surface area contributed by atoms with E-state index in [9.17, 15) is 14.7 Å². The van der Waals surface area contributed by atoms with Crippen LogP contribution in [0.5, 0.6) is 5.75 Å². The average Bonchev–Trinajstić information content (AvgIpc) is 3.52. The number of Topliss-reactive ketones (excluding diaryl/α,β-unsaturated/α-hetero) is 1. The second-order valence-corrected chi connectivity index (χ2v) is 8.72. The van der Waals surface area contributed by atoms with E-state index in [0.29, 0.717) is 22.9 Å². The van der Waals surface area contributed by atoms with Crippen molar-refractivity contribution < 1.29 is 23.8 Å². The van der Waals surface area contributed by atoms with E-state index >= 15 is 0 Å². The van der Waals surface area contributed by atoms with Gasteiger partial charge in [0.25, 0.3) is 11.7 Å². The van der Waals surface area contributed by atoms with E-state index in [1.54, 1.807) is 54.6 Å². The first kappa shape index (κ1) is 21.9. The second kappa shape index (κ2) is 9.17. The monoisotopic (exact) mass is 458 g/mol. The number of carbonyl (C=O) groups excluding carboxylic acids is 2. The van der Waals surface area contributed by atoms with Crippen LogP contribution in [-0.4, -0.2) is 34.9 Å². The lowest BCUT2D eigenvalue weighted by Crippen LogP contribution is -2.40. The van der Waals surface area contributed by atoms with Crippen LogP contribution < -0.4 is 9.64 Å². The fourth-order valence-electron chi connectivity index (χ4n) is 5.07. The molecule has 174 valence electrons. The Morgan fingerprint density at radius 2 is 1.74 bits per heavy atom. The number of anilines is 1. The number of oxazole rings is 1. The molecule has 34 heavy (non-hydrogen) atoms. The summed E-state index contributed by atoms with van der Waals surface area (Å²) in [5, 5.41) is 11.2. The molecule has 1 atom stereocenters. The minimum absolute atomic E-state index is 0.0889. The molecule has 2 heterocycles. The number of aromatic nitrogens is 1. The number of ketones is 1. The molecule has 1 aromatic heterocycles. The number of hydrogen-bond donors (Lipinski definition) is 1. The Kier molecular flexibility index (Phi) is 5.92. The molecule has 1 N–H and O–H groups in total. The summed E-state index contributed by atoms with van der Waals surface area (Å²) in [7, 11) is 1.57. The number of amides is 1. The molecule has 1 unspecified atom stereocenters. The summed E-state index contributed by atoms with van der Waals surface area (Å²) in [6.45, 7) is 0. The summed E-state index contributed by atoms with van der Waals surface area (Å²) in [6, 6.07) is 13.6. The van der Waals surface area contributed by atoms with Crippen molar-refractivity contribution in [3.63, 3.8) is 0 Å². The van der Waals surface area contributed by atoms with Gasteiger partial charge in [-0.15, -0.1) is 0 Å². The van der Waals surface area contributed by atoms with Gasteiger partial charge in [0.05, 0.1) is 24.9 Å². The van der Waals surface area contributed by atoms with Crippen molar-refractivity contribution in [3.8, 4) is 17.2 Å². The van der Waals surface area contributed by atoms with Crippen LogP contribution in [0.15, 0.2) is 71.0 Å². The molecule has 0 radical (unpaired) electrons. The molecule has 0 bridgehead atoms. The summed E-state index contributed by atoms with van der Waals surface area (Å²) in [5.74, 6) is -0.194. The maximum atomic E-state index is 13.3. The van der Waals surface area contributed by atoms with Gasteiger partial charge >= 0.3 is 0 Å². The zero-order valence-electron chi connectivity index (χ0n) is 18.9. The topological polar surface area (TPSA) is 92.9 Å². The molecular weight excluding hydrogens is 432 g/mol. The number of benzene rings is 2. The van der Waals surface area contributed by atoms with Gasteiger partial charge in [0.1, 0.15) is 17.8 Å². The zero-order chi connectivity index (χ0) is 23.7. The lowest BCUT2D eigenvalue weighted by atomic mass is 9.80. The van der Waals surface area contributed by atoms with Crippen LogP contribution in [0, 0.1) is 5.92 Å². The Bertz CT molecular complexity index is 1210. The molecule has 3 aromatic rings. The van der Waals surface area contributed by atoms with Crippen LogP contribution in [-0.2, 0) is 9.59 Å². The highest BCUT2D eigenvalue weighted by Crippen LogP contribution is 2.41. The number of aliphatic hydroxyl groups is 1. The van der Waals surface area contributed by atoms with Gasteiger partial charge < -0.3 is 14.3 Å². The molecule has 2 aliphatic rings. The maximum Gasteiger partial charge on any atom is 0.299 e. The Hall–Kier alpha value is -3.87. The van der Waals surface area contributed by atoms with E-state index < -0.39 is 17.7 Å². The van der Waals surface area contributed by atoms with Crippen molar-refractivity contribution in [2.24, 2.45) is 5.92 Å². The highest BCUT2D eigenvalue weighted by Gasteiger charge is 2.49. The Morgan fingerprint density at radius 1 is 1.03 bits per heavy atom. The van der Waals surface area contributed by atoms with Crippen molar-refractivity contribution >= 4 is 23.1 Å². The highest BCUT2D eigenvalue weighted by atomic mass is 16.5. The van der Waals surface area contributed by atoms with E-state index in [4.69, 9.17) is 9.15 Å². The normalized spacial score (nSPS) is 20.6. The molecular formula is C27H26N2O5. The molecule has 5 rings (SSSR count). The van der Waals surface area contributed by atoms with Crippen molar-refractivity contribution in [2.75, 3.05) is 12.0 Å². The predicted octanol–water partition coefficient (Wildman–Crippen LogP) is 5.18. The quantitative estimate of drug-likeness (QED) is 0.322. The van der Waals surface area contributed by atoms with Gasteiger partial charge in [-0.25, -0.2) is 4.98 Å². The van der Waals surface area contributed by atoms with Gasteiger partial charge in [-0.05, 0) is 67.3 Å². The SMILES string of the molecule is COc1ccc(/C(O)=C2\C(=O)C(=O)N(c3ccc(-c4ncco4)cc3)C2C2CCCCC2)cc1. The van der Waals surface area contributed by atoms with Gasteiger partial charge in [-0.2, -0.15) is 0 Å². The van der Waals surface area contributed by atoms with Crippen molar-refractivity contribution in [1.82, 2.24) is 4.98 Å². The third-order valence-corrected chi connectivity index (χ3v) is 6.77. The molecule has 1 saturated carbocycles. The number of carbonyl (C=O) groups is 2. The average molecular weight is 459 g/mol. The van der Waals surface area contributed by atoms with E-state index in [1.165, 1.54) is 6.26 Å². The molecule has 1 aliphatic heterocycles. The van der Waals surface area contributed by atoms with E-state index in [2.05, 4.69) is 4.98 Å². The summed E-state index contributed by atoms with van der Waals surface area (Å²) in [5.41, 5.74) is 2.05. The van der Waals surface area contributed by atoms with Crippen molar-refractivity contribution in [1.29, 1.82) is 0 Å². The third-order valence-electron chi connectivity index (χ3n) is 6.77. The molecule has 1 amide bonds. The van der Waals surface area contributed by atoms with Crippen LogP contribution >= 0.6 is 0 Å². The van der Waals surface area contributed by atoms with Gasteiger partial charge in [0.15, 0.2) is 0 Å². The lowest BCUT2D eigenvalue weighted by molar-refractivity contribution is -0.132. The largest absolute Gasteiger partial charge is 0.507 e. The molecule has 2 aromatic carbocycles. The first-order valence-electron chi connectivity index (χ1n) is 11.5. The Labute approximate surface area is 197 Å². The number of aliphatic hydroxyl groups excluding tert-OH is 1. The van der Waals surface area contributed by atoms with E-state index in [0.717, 1.165) is 37.7 Å². The number of hydrogen-bond acceptors (Lipinski definition) is 6. The first-order valence-corrected chi connectivity index (χ1v) is 11.5. The second-order valence-electron chi connectivity index (χ2n) is 8.72. The van der Waals surface area contributed by atoms with E-state index in [-0.39, 0.29) is 17.3 Å². The zero-order valence-corrected chi connectivity index (χ0v) is 18.9. The smallest absolute Gasteiger partial charge is 0.299 e. The van der Waals surface area contributed by atoms with Crippen LogP contribution in [0.1, 0.15) is 37.7 Å². The van der Waals surface area contributed by atoms with Crippen LogP contribution in [0.2, 0.25) is 0 Å². The minimum Gasteiger partial charge on any atom is -0.507 e. The summed E-state index contributed by atoms with van der Waals surface area (Å²) in [4.78, 5) is 32.3. The highest BCUT2D eigenvalue weighted by molar-refractivity contribution is 6.51. The van der Waals surface area contributed by atoms with Gasteiger partial charge in [0.2, 0.25) is 5.89 Å². The Balaban J connectivity index is 1.58. The Morgan fingerprint density at radius 3 is 2.35 bits per heavy atom. The molecule has 1 saturated heterocycles. The van der Waals surface area contributed by atoms with Gasteiger partial charge in [0, 0.05) is 16.8 Å². The minimum atomic E-state index is -0.652. The third kappa shape index (κ3) is 3.87. The summed E-state index contributed by atoms with van der Waals surface area (Å²) >= 11 is 0. The molecule has 1 aliphatic carbocycles. The molecule has 7 nitrogen and oxygen atoms in total. The molecule has 0 spiro atoms. The van der Waals surface area contributed by atoms with Crippen LogP contribution in [0.4, 0.5) is 5.69 Å². The number of ether oxygens (including phenoxy) is 1. The van der Waals surface area contributed by atoms with Gasteiger partial charge in [-0.3, -0.25) is 14.5 Å². The van der Waals surface area contributed by atoms with Gasteiger partial charge in [-0.1, -0.05) is 19.3 Å². The summed E-state index contributed by atoms with van der Waals surface area (Å²) in [6.07, 6.45) is 8.09. The number of rotatable bonds is 5. The first-order chi connectivity index (χ1) is 16.6.